The van der Waals surface area contributed by atoms with Crippen LogP contribution in [0.4, 0.5) is 5.69 Å². The van der Waals surface area contributed by atoms with Crippen molar-refractivity contribution in [1.29, 1.82) is 0 Å². The van der Waals surface area contributed by atoms with E-state index in [0.29, 0.717) is 18.0 Å². The van der Waals surface area contributed by atoms with Crippen molar-refractivity contribution in [1.82, 2.24) is 9.97 Å². The van der Waals surface area contributed by atoms with Gasteiger partial charge in [0.25, 0.3) is 0 Å². The predicted octanol–water partition coefficient (Wildman–Crippen LogP) is 3.29. The Hall–Kier alpha value is -2.96. The lowest BCUT2D eigenvalue weighted by Gasteiger charge is -2.17. The number of imide groups is 1. The molecule has 7 nitrogen and oxygen atoms in total. The molecule has 1 saturated heterocycles. The first kappa shape index (κ1) is 17.2. The zero-order valence-corrected chi connectivity index (χ0v) is 16.1. The van der Waals surface area contributed by atoms with Gasteiger partial charge in [-0.15, -0.1) is 0 Å². The molecule has 3 aliphatic rings. The zero-order valence-electron chi connectivity index (χ0n) is 16.1. The number of aromatic nitrogens is 2. The van der Waals surface area contributed by atoms with Crippen LogP contribution in [0.2, 0.25) is 0 Å². The second-order valence-electron chi connectivity index (χ2n) is 8.57. The van der Waals surface area contributed by atoms with Crippen LogP contribution in [0.25, 0.3) is 0 Å². The molecular weight excluding hydrogens is 358 g/mol. The van der Waals surface area contributed by atoms with Crippen molar-refractivity contribution in [3.05, 3.63) is 35.7 Å². The summed E-state index contributed by atoms with van der Waals surface area (Å²) in [6, 6.07) is 4.07. The fourth-order valence-electron chi connectivity index (χ4n) is 4.06. The van der Waals surface area contributed by atoms with Gasteiger partial charge in [0.2, 0.25) is 11.8 Å². The highest BCUT2D eigenvalue weighted by Crippen LogP contribution is 2.59. The summed E-state index contributed by atoms with van der Waals surface area (Å²) in [7, 11) is 0. The van der Waals surface area contributed by atoms with Crippen molar-refractivity contribution in [2.75, 3.05) is 11.5 Å². The maximum Gasteiger partial charge on any atom is 0.322 e. The minimum atomic E-state index is -0.701. The quantitative estimate of drug-likeness (QED) is 0.761. The molecule has 144 valence electrons. The molecule has 2 amide bonds. The van der Waals surface area contributed by atoms with Gasteiger partial charge in [-0.3, -0.25) is 9.59 Å². The molecule has 1 saturated carbocycles. The monoisotopic (exact) mass is 379 g/mol. The molecule has 1 aromatic carbocycles. The Balaban J connectivity index is 1.43. The van der Waals surface area contributed by atoms with Gasteiger partial charge in [0, 0.05) is 17.4 Å². The average Bonchev–Trinajstić information content (AvgIpc) is 3.26. The molecule has 3 heterocycles. The van der Waals surface area contributed by atoms with Crippen molar-refractivity contribution in [3.8, 4) is 17.5 Å². The van der Waals surface area contributed by atoms with Gasteiger partial charge < -0.3 is 9.47 Å². The molecular formula is C21H21N3O4. The number of rotatable bonds is 3. The van der Waals surface area contributed by atoms with E-state index in [0.717, 1.165) is 34.6 Å². The van der Waals surface area contributed by atoms with Gasteiger partial charge in [0.1, 0.15) is 11.5 Å². The third-order valence-electron chi connectivity index (χ3n) is 5.89. The minimum Gasteiger partial charge on any atom is -0.492 e. The molecule has 0 unspecified atom stereocenters. The smallest absolute Gasteiger partial charge is 0.322 e. The van der Waals surface area contributed by atoms with Crippen LogP contribution in [-0.2, 0) is 15.0 Å². The topological polar surface area (TPSA) is 81.6 Å². The van der Waals surface area contributed by atoms with Gasteiger partial charge in [0.05, 0.1) is 30.1 Å². The first-order chi connectivity index (χ1) is 13.3. The Labute approximate surface area is 162 Å². The fourth-order valence-corrected chi connectivity index (χ4v) is 4.06. The normalized spacial score (nSPS) is 21.0. The van der Waals surface area contributed by atoms with E-state index in [1.54, 1.807) is 13.8 Å². The highest BCUT2D eigenvalue weighted by molar-refractivity contribution is 6.22. The van der Waals surface area contributed by atoms with Crippen LogP contribution in [0.5, 0.6) is 17.5 Å². The number of fused-ring (bicyclic) bond motifs is 2. The van der Waals surface area contributed by atoms with E-state index >= 15 is 0 Å². The summed E-state index contributed by atoms with van der Waals surface area (Å²) in [4.78, 5) is 34.3. The Kier molecular flexibility index (Phi) is 3.39. The van der Waals surface area contributed by atoms with E-state index in [1.165, 1.54) is 12.4 Å². The maximum atomic E-state index is 12.5. The molecule has 7 heteroatoms. The van der Waals surface area contributed by atoms with Crippen LogP contribution in [0.15, 0.2) is 24.5 Å². The summed E-state index contributed by atoms with van der Waals surface area (Å²) in [6.45, 7) is 6.25. The van der Waals surface area contributed by atoms with Crippen LogP contribution >= 0.6 is 0 Å². The zero-order chi connectivity index (χ0) is 19.7. The lowest BCUT2D eigenvalue weighted by molar-refractivity contribution is -0.124. The largest absolute Gasteiger partial charge is 0.492 e. The summed E-state index contributed by atoms with van der Waals surface area (Å²) in [6.07, 6.45) is 5.28. The number of hydrogen-bond donors (Lipinski definition) is 0. The van der Waals surface area contributed by atoms with Gasteiger partial charge in [-0.05, 0) is 31.4 Å². The third-order valence-corrected chi connectivity index (χ3v) is 5.89. The molecule has 2 aliphatic heterocycles. The van der Waals surface area contributed by atoms with Crippen LogP contribution in [0, 0.1) is 12.3 Å². The molecule has 0 atom stereocenters. The van der Waals surface area contributed by atoms with E-state index < -0.39 is 5.41 Å². The summed E-state index contributed by atoms with van der Waals surface area (Å²) in [5.41, 5.74) is 1.93. The van der Waals surface area contributed by atoms with Gasteiger partial charge in [0.15, 0.2) is 0 Å². The molecule has 1 spiro atoms. The van der Waals surface area contributed by atoms with E-state index in [9.17, 15) is 9.59 Å². The van der Waals surface area contributed by atoms with Gasteiger partial charge in [-0.1, -0.05) is 19.9 Å². The van der Waals surface area contributed by atoms with E-state index in [1.807, 2.05) is 19.1 Å². The summed E-state index contributed by atoms with van der Waals surface area (Å²) in [5, 5.41) is 0. The minimum absolute atomic E-state index is 0.0661. The highest BCUT2D eigenvalue weighted by atomic mass is 16.5. The SMILES string of the molecule is Cc1ccc(Oc2ncc(N3C(=O)CC(C)(C)C3=O)cn2)c2c1OCC21CC1. The molecule has 1 aliphatic carbocycles. The van der Waals surface area contributed by atoms with E-state index in [-0.39, 0.29) is 29.7 Å². The van der Waals surface area contributed by atoms with Crippen LogP contribution in [-0.4, -0.2) is 28.4 Å². The van der Waals surface area contributed by atoms with E-state index in [2.05, 4.69) is 9.97 Å². The Bertz CT molecular complexity index is 1010. The first-order valence-electron chi connectivity index (χ1n) is 9.45. The standard InChI is InChI=1S/C21H21N3O4/c1-12-4-5-14(16-17(12)27-11-21(16)6-7-21)28-19-22-9-13(10-23-19)24-15(25)8-20(2,3)18(24)26/h4-5,9-10H,6-8,11H2,1-3H3. The number of hydrogen-bond acceptors (Lipinski definition) is 6. The molecule has 5 rings (SSSR count). The maximum absolute atomic E-state index is 12.5. The van der Waals surface area contributed by atoms with Crippen molar-refractivity contribution in [2.45, 2.75) is 45.4 Å². The second kappa shape index (κ2) is 5.53. The van der Waals surface area contributed by atoms with E-state index in [4.69, 9.17) is 9.47 Å². The van der Waals surface area contributed by atoms with Gasteiger partial charge in [-0.2, -0.15) is 0 Å². The number of ether oxygens (including phenoxy) is 2. The summed E-state index contributed by atoms with van der Waals surface area (Å²) >= 11 is 0. The van der Waals surface area contributed by atoms with Crippen molar-refractivity contribution >= 4 is 17.5 Å². The molecule has 28 heavy (non-hydrogen) atoms. The number of carbonyl (C=O) groups is 2. The number of anilines is 1. The molecule has 0 N–H and O–H groups in total. The molecule has 2 aromatic rings. The van der Waals surface area contributed by atoms with Crippen molar-refractivity contribution < 1.29 is 19.1 Å². The number of nitrogens with zero attached hydrogens (tertiary/aromatic N) is 3. The second-order valence-corrected chi connectivity index (χ2v) is 8.57. The average molecular weight is 379 g/mol. The van der Waals surface area contributed by atoms with Crippen molar-refractivity contribution in [2.24, 2.45) is 5.41 Å². The predicted molar refractivity (Wildman–Crippen MR) is 101 cm³/mol. The number of aryl methyl sites for hydroxylation is 1. The third kappa shape index (κ3) is 2.42. The van der Waals surface area contributed by atoms with Gasteiger partial charge in [-0.25, -0.2) is 14.9 Å². The summed E-state index contributed by atoms with van der Waals surface area (Å²) in [5.74, 6) is 1.13. The van der Waals surface area contributed by atoms with Crippen molar-refractivity contribution in [3.63, 3.8) is 0 Å². The highest BCUT2D eigenvalue weighted by Gasteiger charge is 2.53. The molecule has 0 bridgehead atoms. The Morgan fingerprint density at radius 3 is 2.46 bits per heavy atom. The lowest BCUT2D eigenvalue weighted by Crippen LogP contribution is -2.33. The number of carbonyl (C=O) groups excluding carboxylic acids is 2. The van der Waals surface area contributed by atoms with Crippen LogP contribution < -0.4 is 14.4 Å². The first-order valence-corrected chi connectivity index (χ1v) is 9.45. The van der Waals surface area contributed by atoms with Crippen LogP contribution in [0.1, 0.15) is 44.2 Å². The van der Waals surface area contributed by atoms with Crippen LogP contribution in [0.3, 0.4) is 0 Å². The Morgan fingerprint density at radius 1 is 1.14 bits per heavy atom. The fraction of sp³-hybridized carbons (Fsp3) is 0.429. The molecule has 1 aromatic heterocycles. The summed E-state index contributed by atoms with van der Waals surface area (Å²) < 4.78 is 11.9. The molecule has 2 fully saturated rings. The molecule has 0 radical (unpaired) electrons. The Morgan fingerprint density at radius 2 is 1.86 bits per heavy atom. The number of amides is 2. The lowest BCUT2D eigenvalue weighted by atomic mass is 9.92. The number of benzene rings is 1. The van der Waals surface area contributed by atoms with Gasteiger partial charge >= 0.3 is 6.01 Å².